The van der Waals surface area contributed by atoms with Gasteiger partial charge in [0.05, 0.1) is 12.1 Å². The van der Waals surface area contributed by atoms with Crippen LogP contribution in [0.2, 0.25) is 0 Å². The molecule has 2 amide bonds. The van der Waals surface area contributed by atoms with Crippen LogP contribution in [0.15, 0.2) is 48.5 Å². The number of aryl methyl sites for hydroxylation is 1. The predicted octanol–water partition coefficient (Wildman–Crippen LogP) is 3.64. The number of nitrogens with one attached hydrogen (secondary N) is 1. The molecular weight excluding hydrogens is 349 g/mol. The third-order valence-corrected chi connectivity index (χ3v) is 3.93. The Labute approximate surface area is 147 Å². The van der Waals surface area contributed by atoms with Gasteiger partial charge in [-0.1, -0.05) is 18.2 Å². The number of nitrogens with zero attached hydrogens (tertiary/aromatic N) is 1. The number of hydrogen-bond donors (Lipinski definition) is 1. The lowest BCUT2D eigenvalue weighted by atomic mass is 10.2. The van der Waals surface area contributed by atoms with E-state index in [4.69, 9.17) is 0 Å². The van der Waals surface area contributed by atoms with E-state index in [0.29, 0.717) is 11.4 Å². The lowest BCUT2D eigenvalue weighted by Crippen LogP contribution is -2.35. The molecule has 136 valence electrons. The number of alkyl halides is 3. The molecule has 1 aliphatic heterocycles. The Balaban J connectivity index is 1.72. The van der Waals surface area contributed by atoms with Crippen molar-refractivity contribution in [2.24, 2.45) is 0 Å². The van der Waals surface area contributed by atoms with Gasteiger partial charge in [-0.25, -0.2) is 4.90 Å². The van der Waals surface area contributed by atoms with Gasteiger partial charge in [0.25, 0.3) is 5.91 Å². The smallest absolute Gasteiger partial charge is 0.406 e. The van der Waals surface area contributed by atoms with Gasteiger partial charge in [-0.15, -0.1) is 13.2 Å². The number of amides is 2. The maximum Gasteiger partial charge on any atom is 0.573 e. The van der Waals surface area contributed by atoms with Gasteiger partial charge in [0.2, 0.25) is 5.91 Å². The fraction of sp³-hybridized carbons (Fsp3) is 0.222. The van der Waals surface area contributed by atoms with E-state index in [9.17, 15) is 22.8 Å². The normalized spacial score (nSPS) is 17.5. The monoisotopic (exact) mass is 364 g/mol. The number of carbonyl (C=O) groups is 2. The average molecular weight is 364 g/mol. The zero-order valence-electron chi connectivity index (χ0n) is 13.7. The molecule has 5 nitrogen and oxygen atoms in total. The summed E-state index contributed by atoms with van der Waals surface area (Å²) < 4.78 is 40.3. The minimum absolute atomic E-state index is 0.0338. The second kappa shape index (κ2) is 6.70. The van der Waals surface area contributed by atoms with Crippen molar-refractivity contribution in [1.29, 1.82) is 0 Å². The molecule has 1 heterocycles. The van der Waals surface area contributed by atoms with E-state index in [1.807, 2.05) is 6.07 Å². The molecule has 2 aromatic carbocycles. The number of anilines is 2. The van der Waals surface area contributed by atoms with Crippen LogP contribution in [0.25, 0.3) is 0 Å². The van der Waals surface area contributed by atoms with E-state index in [-0.39, 0.29) is 18.1 Å². The van der Waals surface area contributed by atoms with Crippen molar-refractivity contribution in [3.63, 3.8) is 0 Å². The predicted molar refractivity (Wildman–Crippen MR) is 88.8 cm³/mol. The fourth-order valence-electron chi connectivity index (χ4n) is 2.77. The standard InChI is InChI=1S/C18H15F3N2O3/c1-11-4-2-3-5-15(11)23-16(24)10-14(17(23)25)22-12-6-8-13(9-7-12)26-18(19,20)21/h2-9,14,22H,10H2,1H3/t14-/m0/s1. The molecule has 0 saturated carbocycles. The molecule has 0 bridgehead atoms. The summed E-state index contributed by atoms with van der Waals surface area (Å²) in [6, 6.07) is 11.2. The highest BCUT2D eigenvalue weighted by Crippen LogP contribution is 2.28. The van der Waals surface area contributed by atoms with Gasteiger partial charge >= 0.3 is 6.36 Å². The van der Waals surface area contributed by atoms with Gasteiger partial charge in [0.1, 0.15) is 11.8 Å². The first kappa shape index (κ1) is 17.8. The van der Waals surface area contributed by atoms with E-state index in [2.05, 4.69) is 10.1 Å². The molecule has 1 fully saturated rings. The van der Waals surface area contributed by atoms with Crippen LogP contribution >= 0.6 is 0 Å². The van der Waals surface area contributed by atoms with Crippen LogP contribution in [-0.4, -0.2) is 24.2 Å². The number of benzene rings is 2. The van der Waals surface area contributed by atoms with Crippen LogP contribution in [0.3, 0.4) is 0 Å². The van der Waals surface area contributed by atoms with E-state index < -0.39 is 18.3 Å². The first-order chi connectivity index (χ1) is 12.2. The molecule has 26 heavy (non-hydrogen) atoms. The number of ether oxygens (including phenoxy) is 1. The average Bonchev–Trinajstić information content (AvgIpc) is 2.83. The van der Waals surface area contributed by atoms with Crippen molar-refractivity contribution in [2.45, 2.75) is 25.7 Å². The summed E-state index contributed by atoms with van der Waals surface area (Å²) >= 11 is 0. The van der Waals surface area contributed by atoms with Crippen LogP contribution in [0, 0.1) is 6.92 Å². The van der Waals surface area contributed by atoms with Gasteiger partial charge in [0.15, 0.2) is 0 Å². The summed E-state index contributed by atoms with van der Waals surface area (Å²) in [6.07, 6.45) is -4.80. The molecule has 2 aromatic rings. The highest BCUT2D eigenvalue weighted by Gasteiger charge is 2.40. The summed E-state index contributed by atoms with van der Waals surface area (Å²) in [4.78, 5) is 26.0. The molecule has 1 saturated heterocycles. The van der Waals surface area contributed by atoms with Crippen LogP contribution < -0.4 is 15.0 Å². The van der Waals surface area contributed by atoms with E-state index in [1.54, 1.807) is 25.1 Å². The van der Waals surface area contributed by atoms with Crippen LogP contribution in [0.1, 0.15) is 12.0 Å². The Hall–Kier alpha value is -3.03. The summed E-state index contributed by atoms with van der Waals surface area (Å²) in [5, 5.41) is 2.88. The van der Waals surface area contributed by atoms with Crippen molar-refractivity contribution >= 4 is 23.2 Å². The molecular formula is C18H15F3N2O3. The van der Waals surface area contributed by atoms with Gasteiger partial charge in [-0.05, 0) is 42.8 Å². The molecule has 0 spiro atoms. The van der Waals surface area contributed by atoms with Crippen molar-refractivity contribution < 1.29 is 27.5 Å². The number of rotatable bonds is 4. The summed E-state index contributed by atoms with van der Waals surface area (Å²) in [5.74, 6) is -1.10. The molecule has 8 heteroatoms. The quantitative estimate of drug-likeness (QED) is 0.842. The maximum atomic E-state index is 12.6. The highest BCUT2D eigenvalue weighted by molar-refractivity contribution is 6.23. The van der Waals surface area contributed by atoms with Gasteiger partial charge in [0, 0.05) is 5.69 Å². The first-order valence-electron chi connectivity index (χ1n) is 7.79. The van der Waals surface area contributed by atoms with E-state index in [1.165, 1.54) is 12.1 Å². The van der Waals surface area contributed by atoms with E-state index >= 15 is 0 Å². The second-order valence-electron chi connectivity index (χ2n) is 5.83. The SMILES string of the molecule is Cc1ccccc1N1C(=O)C[C@H](Nc2ccc(OC(F)(F)F)cc2)C1=O. The minimum Gasteiger partial charge on any atom is -0.406 e. The summed E-state index contributed by atoms with van der Waals surface area (Å²) in [5.41, 5.74) is 1.74. The Morgan fingerprint density at radius 3 is 2.35 bits per heavy atom. The molecule has 0 radical (unpaired) electrons. The minimum atomic E-state index is -4.77. The molecule has 1 aliphatic rings. The largest absolute Gasteiger partial charge is 0.573 e. The number of halogens is 3. The lowest BCUT2D eigenvalue weighted by Gasteiger charge is -2.18. The van der Waals surface area contributed by atoms with E-state index in [0.717, 1.165) is 22.6 Å². The molecule has 1 N–H and O–H groups in total. The zero-order valence-corrected chi connectivity index (χ0v) is 13.7. The first-order valence-corrected chi connectivity index (χ1v) is 7.79. The van der Waals surface area contributed by atoms with Crippen molar-refractivity contribution in [3.8, 4) is 5.75 Å². The third-order valence-electron chi connectivity index (χ3n) is 3.93. The lowest BCUT2D eigenvalue weighted by molar-refractivity contribution is -0.274. The van der Waals surface area contributed by atoms with Crippen LogP contribution in [-0.2, 0) is 9.59 Å². The van der Waals surface area contributed by atoms with Crippen molar-refractivity contribution in [2.75, 3.05) is 10.2 Å². The highest BCUT2D eigenvalue weighted by atomic mass is 19.4. The molecule has 3 rings (SSSR count). The Morgan fingerprint density at radius 1 is 1.08 bits per heavy atom. The van der Waals surface area contributed by atoms with Gasteiger partial charge < -0.3 is 10.1 Å². The Morgan fingerprint density at radius 2 is 1.73 bits per heavy atom. The number of carbonyl (C=O) groups excluding carboxylic acids is 2. The molecule has 0 unspecified atom stereocenters. The third kappa shape index (κ3) is 3.79. The number of imide groups is 1. The zero-order chi connectivity index (χ0) is 18.9. The molecule has 0 aromatic heterocycles. The summed E-state index contributed by atoms with van der Waals surface area (Å²) in [6.45, 7) is 1.80. The van der Waals surface area contributed by atoms with Crippen LogP contribution in [0.5, 0.6) is 5.75 Å². The second-order valence-corrected chi connectivity index (χ2v) is 5.83. The van der Waals surface area contributed by atoms with Gasteiger partial charge in [-0.3, -0.25) is 9.59 Å². The van der Waals surface area contributed by atoms with Gasteiger partial charge in [-0.2, -0.15) is 0 Å². The summed E-state index contributed by atoms with van der Waals surface area (Å²) in [7, 11) is 0. The number of para-hydroxylation sites is 1. The molecule has 0 aliphatic carbocycles. The van der Waals surface area contributed by atoms with Crippen molar-refractivity contribution in [3.05, 3.63) is 54.1 Å². The Kier molecular flexibility index (Phi) is 4.58. The topological polar surface area (TPSA) is 58.6 Å². The maximum absolute atomic E-state index is 12.6. The molecule has 1 atom stereocenters. The Bertz CT molecular complexity index is 834. The fourth-order valence-corrected chi connectivity index (χ4v) is 2.77. The number of hydrogen-bond acceptors (Lipinski definition) is 4. The van der Waals surface area contributed by atoms with Crippen LogP contribution in [0.4, 0.5) is 24.5 Å². The van der Waals surface area contributed by atoms with Crippen molar-refractivity contribution in [1.82, 2.24) is 0 Å².